The van der Waals surface area contributed by atoms with Crippen LogP contribution in [-0.2, 0) is 13.2 Å². The lowest BCUT2D eigenvalue weighted by Gasteiger charge is -2.13. The van der Waals surface area contributed by atoms with Gasteiger partial charge in [-0.05, 0) is 65.6 Å². The highest BCUT2D eigenvalue weighted by Gasteiger charge is 2.09. The number of ether oxygens (including phenoxy) is 1. The normalized spacial score (nSPS) is 10.3. The summed E-state index contributed by atoms with van der Waals surface area (Å²) in [6.45, 7) is 2.64. The number of nitrogen functional groups attached to an aromatic ring is 1. The predicted octanol–water partition coefficient (Wildman–Crippen LogP) is 5.81. The van der Waals surface area contributed by atoms with Crippen LogP contribution in [0, 0.1) is 12.7 Å². The van der Waals surface area contributed by atoms with E-state index < -0.39 is 0 Å². The maximum atomic E-state index is 13.4. The van der Waals surface area contributed by atoms with Gasteiger partial charge in [0, 0.05) is 17.5 Å². The SMILES string of the molecule is Cc1cc(N)nc2cc(-c3ccc(OCc4cccc(F)c4)c(CN)c3)ccc12.Cl.Cl. The van der Waals surface area contributed by atoms with E-state index in [9.17, 15) is 4.39 Å². The van der Waals surface area contributed by atoms with Crippen LogP contribution in [0.3, 0.4) is 0 Å². The van der Waals surface area contributed by atoms with Crippen LogP contribution in [0.4, 0.5) is 10.2 Å². The summed E-state index contributed by atoms with van der Waals surface area (Å²) >= 11 is 0. The molecule has 7 heteroatoms. The molecule has 0 aliphatic carbocycles. The fraction of sp³-hybridized carbons (Fsp3) is 0.125. The van der Waals surface area contributed by atoms with E-state index in [1.165, 1.54) is 12.1 Å². The van der Waals surface area contributed by atoms with Crippen LogP contribution in [0.15, 0.2) is 66.7 Å². The van der Waals surface area contributed by atoms with E-state index in [0.29, 0.717) is 18.1 Å². The van der Waals surface area contributed by atoms with Gasteiger partial charge in [-0.15, -0.1) is 24.8 Å². The van der Waals surface area contributed by atoms with Crippen LogP contribution in [-0.4, -0.2) is 4.98 Å². The third-order valence-electron chi connectivity index (χ3n) is 4.93. The first-order valence-electron chi connectivity index (χ1n) is 9.41. The number of nitrogens with two attached hydrogens (primary N) is 2. The number of anilines is 1. The zero-order valence-corrected chi connectivity index (χ0v) is 18.6. The number of hydrogen-bond donors (Lipinski definition) is 2. The van der Waals surface area contributed by atoms with Crippen molar-refractivity contribution >= 4 is 41.5 Å². The molecule has 4 nitrogen and oxygen atoms in total. The predicted molar refractivity (Wildman–Crippen MR) is 129 cm³/mol. The summed E-state index contributed by atoms with van der Waals surface area (Å²) in [5.74, 6) is 0.927. The first-order chi connectivity index (χ1) is 14.0. The lowest BCUT2D eigenvalue weighted by molar-refractivity contribution is 0.302. The van der Waals surface area contributed by atoms with Crippen molar-refractivity contribution < 1.29 is 9.13 Å². The average molecular weight is 460 g/mol. The highest BCUT2D eigenvalue weighted by molar-refractivity contribution is 5.88. The molecule has 0 radical (unpaired) electrons. The number of aryl methyl sites for hydroxylation is 1. The maximum absolute atomic E-state index is 13.4. The Morgan fingerprint density at radius 2 is 1.68 bits per heavy atom. The summed E-state index contributed by atoms with van der Waals surface area (Å²) in [4.78, 5) is 4.45. The Morgan fingerprint density at radius 1 is 0.935 bits per heavy atom. The van der Waals surface area contributed by atoms with Crippen molar-refractivity contribution in [2.24, 2.45) is 5.73 Å². The van der Waals surface area contributed by atoms with Crippen molar-refractivity contribution in [1.82, 2.24) is 4.98 Å². The number of aromatic nitrogens is 1. The van der Waals surface area contributed by atoms with E-state index in [4.69, 9.17) is 16.2 Å². The van der Waals surface area contributed by atoms with Crippen LogP contribution >= 0.6 is 24.8 Å². The first kappa shape index (κ1) is 24.4. The Hall–Kier alpha value is -2.86. The van der Waals surface area contributed by atoms with Crippen molar-refractivity contribution in [3.63, 3.8) is 0 Å². The zero-order valence-electron chi connectivity index (χ0n) is 17.0. The number of pyridine rings is 1. The topological polar surface area (TPSA) is 74.2 Å². The Balaban J connectivity index is 0.00000171. The largest absolute Gasteiger partial charge is 0.489 e. The summed E-state index contributed by atoms with van der Waals surface area (Å²) in [6.07, 6.45) is 0. The quantitative estimate of drug-likeness (QED) is 0.394. The Kier molecular flexibility index (Phi) is 8.22. The summed E-state index contributed by atoms with van der Waals surface area (Å²) < 4.78 is 19.2. The molecule has 4 aromatic rings. The van der Waals surface area contributed by atoms with Crippen LogP contribution in [0.25, 0.3) is 22.0 Å². The number of hydrogen-bond acceptors (Lipinski definition) is 4. The van der Waals surface area contributed by atoms with Gasteiger partial charge in [0.05, 0.1) is 5.52 Å². The molecular weight excluding hydrogens is 436 g/mol. The molecule has 0 amide bonds. The third kappa shape index (κ3) is 5.44. The Morgan fingerprint density at radius 3 is 2.42 bits per heavy atom. The van der Waals surface area contributed by atoms with E-state index in [0.717, 1.165) is 38.7 Å². The molecule has 1 heterocycles. The Bertz CT molecular complexity index is 1200. The number of nitrogens with zero attached hydrogens (tertiary/aromatic N) is 1. The van der Waals surface area contributed by atoms with Crippen LogP contribution in [0.5, 0.6) is 5.75 Å². The van der Waals surface area contributed by atoms with Crippen molar-refractivity contribution in [3.8, 4) is 16.9 Å². The molecule has 0 spiro atoms. The molecule has 0 bridgehead atoms. The molecule has 0 aliphatic rings. The standard InChI is InChI=1S/C24H22FN3O.2ClH/c1-15-9-24(27)28-22-12-18(5-7-21(15)22)17-6-8-23(19(11-17)13-26)29-14-16-3-2-4-20(25)10-16;;/h2-12H,13-14,26H2,1H3,(H2,27,28);2*1H. The maximum Gasteiger partial charge on any atom is 0.124 e. The van der Waals surface area contributed by atoms with E-state index in [2.05, 4.69) is 17.1 Å². The number of benzene rings is 3. The molecule has 3 aromatic carbocycles. The fourth-order valence-corrected chi connectivity index (χ4v) is 3.46. The van der Waals surface area contributed by atoms with Gasteiger partial charge in [-0.3, -0.25) is 0 Å². The van der Waals surface area contributed by atoms with Gasteiger partial charge in [-0.1, -0.05) is 30.3 Å². The molecule has 0 saturated carbocycles. The van der Waals surface area contributed by atoms with Gasteiger partial charge in [-0.25, -0.2) is 9.37 Å². The van der Waals surface area contributed by atoms with E-state index in [1.54, 1.807) is 6.07 Å². The smallest absolute Gasteiger partial charge is 0.124 e. The van der Waals surface area contributed by atoms with E-state index in [1.807, 2.05) is 43.3 Å². The van der Waals surface area contributed by atoms with Gasteiger partial charge in [0.15, 0.2) is 0 Å². The Labute approximate surface area is 193 Å². The monoisotopic (exact) mass is 459 g/mol. The molecule has 0 saturated heterocycles. The molecule has 4 N–H and O–H groups in total. The second kappa shape index (κ2) is 10.4. The van der Waals surface area contributed by atoms with Crippen LogP contribution < -0.4 is 16.2 Å². The summed E-state index contributed by atoms with van der Waals surface area (Å²) in [7, 11) is 0. The van der Waals surface area contributed by atoms with Gasteiger partial charge in [0.2, 0.25) is 0 Å². The molecular formula is C24H24Cl2FN3O. The summed E-state index contributed by atoms with van der Waals surface area (Å²) in [6, 6.07) is 20.3. The number of fused-ring (bicyclic) bond motifs is 1. The number of rotatable bonds is 5. The molecule has 0 atom stereocenters. The van der Waals surface area contributed by atoms with Gasteiger partial charge in [0.25, 0.3) is 0 Å². The van der Waals surface area contributed by atoms with E-state index in [-0.39, 0.29) is 37.2 Å². The van der Waals surface area contributed by atoms with Crippen molar-refractivity contribution in [2.75, 3.05) is 5.73 Å². The van der Waals surface area contributed by atoms with Gasteiger partial charge < -0.3 is 16.2 Å². The minimum atomic E-state index is -0.277. The molecule has 1 aromatic heterocycles. The molecule has 4 rings (SSSR count). The van der Waals surface area contributed by atoms with Crippen molar-refractivity contribution in [3.05, 3.63) is 89.2 Å². The summed E-state index contributed by atoms with van der Waals surface area (Å²) in [5.41, 5.74) is 17.5. The molecule has 0 unspecified atom stereocenters. The molecule has 31 heavy (non-hydrogen) atoms. The lowest BCUT2D eigenvalue weighted by Crippen LogP contribution is -2.03. The minimum absolute atomic E-state index is 0. The molecule has 0 fully saturated rings. The van der Waals surface area contributed by atoms with E-state index >= 15 is 0 Å². The first-order valence-corrected chi connectivity index (χ1v) is 9.41. The molecule has 162 valence electrons. The van der Waals surface area contributed by atoms with Crippen molar-refractivity contribution in [1.29, 1.82) is 0 Å². The van der Waals surface area contributed by atoms with Gasteiger partial charge in [0.1, 0.15) is 24.0 Å². The zero-order chi connectivity index (χ0) is 20.4. The second-order valence-corrected chi connectivity index (χ2v) is 7.04. The highest BCUT2D eigenvalue weighted by Crippen LogP contribution is 2.30. The molecule has 0 aliphatic heterocycles. The van der Waals surface area contributed by atoms with Crippen molar-refractivity contribution in [2.45, 2.75) is 20.1 Å². The van der Waals surface area contributed by atoms with Gasteiger partial charge in [-0.2, -0.15) is 0 Å². The number of halogens is 3. The van der Waals surface area contributed by atoms with Crippen LogP contribution in [0.1, 0.15) is 16.7 Å². The average Bonchev–Trinajstić information content (AvgIpc) is 2.71. The highest BCUT2D eigenvalue weighted by atomic mass is 35.5. The van der Waals surface area contributed by atoms with Gasteiger partial charge >= 0.3 is 0 Å². The fourth-order valence-electron chi connectivity index (χ4n) is 3.46. The summed E-state index contributed by atoms with van der Waals surface area (Å²) in [5, 5.41) is 1.08. The lowest BCUT2D eigenvalue weighted by atomic mass is 9.99. The minimum Gasteiger partial charge on any atom is -0.489 e. The second-order valence-electron chi connectivity index (χ2n) is 7.04. The van der Waals surface area contributed by atoms with Crippen LogP contribution in [0.2, 0.25) is 0 Å². The third-order valence-corrected chi connectivity index (χ3v) is 4.93.